The van der Waals surface area contributed by atoms with Gasteiger partial charge in [-0.05, 0) is 46.4 Å². The lowest BCUT2D eigenvalue weighted by Gasteiger charge is -2.17. The van der Waals surface area contributed by atoms with Crippen LogP contribution in [0.3, 0.4) is 0 Å². The highest BCUT2D eigenvalue weighted by atomic mass is 16.5. The molecule has 4 rings (SSSR count). The lowest BCUT2D eigenvalue weighted by Crippen LogP contribution is -2.29. The van der Waals surface area contributed by atoms with Gasteiger partial charge in [0.1, 0.15) is 6.61 Å². The molecule has 0 saturated heterocycles. The number of aliphatic carboxylic acids is 1. The molecule has 1 aliphatic carbocycles. The normalized spacial score (nSPS) is 13.4. The molecule has 0 bridgehead atoms. The molecule has 5 nitrogen and oxygen atoms in total. The Hall–Kier alpha value is -3.60. The monoisotopic (exact) mass is 387 g/mol. The van der Waals surface area contributed by atoms with Crippen LogP contribution in [0.1, 0.15) is 22.6 Å². The second kappa shape index (κ2) is 7.80. The van der Waals surface area contributed by atoms with Gasteiger partial charge in [0, 0.05) is 11.6 Å². The van der Waals surface area contributed by atoms with Crippen molar-refractivity contribution in [1.82, 2.24) is 0 Å². The minimum atomic E-state index is -1.26. The van der Waals surface area contributed by atoms with Crippen molar-refractivity contribution in [3.8, 4) is 11.1 Å². The van der Waals surface area contributed by atoms with E-state index in [2.05, 4.69) is 12.1 Å². The van der Waals surface area contributed by atoms with E-state index in [1.165, 1.54) is 0 Å². The van der Waals surface area contributed by atoms with E-state index in [0.29, 0.717) is 5.69 Å². The molecule has 0 spiro atoms. The summed E-state index contributed by atoms with van der Waals surface area (Å²) in [4.78, 5) is 24.3. The molecule has 5 heteroatoms. The van der Waals surface area contributed by atoms with Crippen molar-refractivity contribution < 1.29 is 19.4 Å². The molecule has 3 aromatic carbocycles. The van der Waals surface area contributed by atoms with E-state index in [0.717, 1.165) is 27.8 Å². The third kappa shape index (κ3) is 3.72. The minimum absolute atomic E-state index is 0.0618. The van der Waals surface area contributed by atoms with E-state index in [9.17, 15) is 14.7 Å². The first kappa shape index (κ1) is 18.7. The quantitative estimate of drug-likeness (QED) is 0.381. The number of ether oxygens (including phenoxy) is 1. The molecule has 0 aromatic heterocycles. The second-order valence-electron chi connectivity index (χ2n) is 7.19. The molecule has 3 aromatic rings. The molecule has 1 aliphatic rings. The van der Waals surface area contributed by atoms with Crippen molar-refractivity contribution in [3.63, 3.8) is 0 Å². The fraction of sp³-hybridized carbons (Fsp3) is 0.167. The number of nitrogens with two attached hydrogens (primary N) is 1. The molecular weight excluding hydrogens is 366 g/mol. The summed E-state index contributed by atoms with van der Waals surface area (Å²) < 4.78 is 5.51. The van der Waals surface area contributed by atoms with E-state index in [4.69, 9.17) is 10.5 Å². The van der Waals surface area contributed by atoms with Gasteiger partial charge in [-0.2, -0.15) is 0 Å². The Morgan fingerprint density at radius 2 is 1.45 bits per heavy atom. The minimum Gasteiger partial charge on any atom is -0.481 e. The molecule has 1 atom stereocenters. The summed E-state index contributed by atoms with van der Waals surface area (Å²) in [6, 6.07) is 22.9. The highest BCUT2D eigenvalue weighted by Crippen LogP contribution is 2.44. The summed E-state index contributed by atoms with van der Waals surface area (Å²) >= 11 is 0. The van der Waals surface area contributed by atoms with Gasteiger partial charge in [0.05, 0.1) is 0 Å². The number of fused-ring (bicyclic) bond motifs is 3. The molecule has 3 N–H and O–H groups in total. The van der Waals surface area contributed by atoms with Gasteiger partial charge in [0.25, 0.3) is 0 Å². The number of carboxylic acids is 1. The molecule has 0 fully saturated rings. The van der Waals surface area contributed by atoms with Gasteiger partial charge < -0.3 is 15.6 Å². The van der Waals surface area contributed by atoms with Crippen LogP contribution in [0.25, 0.3) is 11.1 Å². The van der Waals surface area contributed by atoms with E-state index in [-0.39, 0.29) is 18.9 Å². The number of rotatable bonds is 6. The number of anilines is 1. The van der Waals surface area contributed by atoms with Crippen LogP contribution in [-0.4, -0.2) is 23.7 Å². The predicted molar refractivity (Wildman–Crippen MR) is 110 cm³/mol. The van der Waals surface area contributed by atoms with Crippen LogP contribution in [-0.2, 0) is 20.7 Å². The van der Waals surface area contributed by atoms with Crippen molar-refractivity contribution in [2.75, 3.05) is 12.3 Å². The molecule has 0 radical (unpaired) electrons. The van der Waals surface area contributed by atoms with Crippen LogP contribution in [0.2, 0.25) is 0 Å². The maximum atomic E-state index is 12.6. The van der Waals surface area contributed by atoms with Crippen molar-refractivity contribution >= 4 is 17.6 Å². The van der Waals surface area contributed by atoms with Crippen LogP contribution in [0.5, 0.6) is 0 Å². The Morgan fingerprint density at radius 1 is 0.897 bits per heavy atom. The zero-order valence-corrected chi connectivity index (χ0v) is 15.7. The SMILES string of the molecule is Nc1ccc(CC(C(=O)O)C(=O)OCC2c3ccccc3-c3ccccc32)cc1. The fourth-order valence-corrected chi connectivity index (χ4v) is 3.87. The van der Waals surface area contributed by atoms with Gasteiger partial charge in [0.15, 0.2) is 5.92 Å². The Balaban J connectivity index is 1.51. The lowest BCUT2D eigenvalue weighted by atomic mass is 9.97. The summed E-state index contributed by atoms with van der Waals surface area (Å²) in [5.74, 6) is -3.28. The van der Waals surface area contributed by atoms with Crippen molar-refractivity contribution in [1.29, 1.82) is 0 Å². The largest absolute Gasteiger partial charge is 0.481 e. The zero-order valence-electron chi connectivity index (χ0n) is 15.7. The smallest absolute Gasteiger partial charge is 0.320 e. The number of hydrogen-bond acceptors (Lipinski definition) is 4. The molecule has 0 amide bonds. The van der Waals surface area contributed by atoms with Crippen LogP contribution in [0.4, 0.5) is 5.69 Å². The first-order valence-corrected chi connectivity index (χ1v) is 9.46. The first-order valence-electron chi connectivity index (χ1n) is 9.46. The molecular formula is C24H21NO4. The average molecular weight is 387 g/mol. The van der Waals surface area contributed by atoms with Crippen LogP contribution in [0.15, 0.2) is 72.8 Å². The number of carbonyl (C=O) groups excluding carboxylic acids is 1. The van der Waals surface area contributed by atoms with E-state index >= 15 is 0 Å². The molecule has 0 heterocycles. The molecule has 1 unspecified atom stereocenters. The molecule has 29 heavy (non-hydrogen) atoms. The van der Waals surface area contributed by atoms with Gasteiger partial charge in [-0.3, -0.25) is 9.59 Å². The number of carbonyl (C=O) groups is 2. The molecule has 0 aliphatic heterocycles. The Labute approximate surface area is 168 Å². The third-order valence-corrected chi connectivity index (χ3v) is 5.36. The van der Waals surface area contributed by atoms with Crippen molar-refractivity contribution in [3.05, 3.63) is 89.5 Å². The second-order valence-corrected chi connectivity index (χ2v) is 7.19. The fourth-order valence-electron chi connectivity index (χ4n) is 3.87. The van der Waals surface area contributed by atoms with Crippen molar-refractivity contribution in [2.24, 2.45) is 5.92 Å². The Morgan fingerprint density at radius 3 is 2.00 bits per heavy atom. The average Bonchev–Trinajstić information content (AvgIpc) is 3.05. The summed E-state index contributed by atoms with van der Waals surface area (Å²) in [6.07, 6.45) is 0.0618. The summed E-state index contributed by atoms with van der Waals surface area (Å²) in [6.45, 7) is 0.110. The summed E-state index contributed by atoms with van der Waals surface area (Å²) in [5, 5.41) is 9.54. The van der Waals surface area contributed by atoms with Gasteiger partial charge in [-0.25, -0.2) is 0 Å². The zero-order chi connectivity index (χ0) is 20.4. The summed E-state index contributed by atoms with van der Waals surface area (Å²) in [7, 11) is 0. The number of esters is 1. The van der Waals surface area contributed by atoms with E-state index < -0.39 is 17.9 Å². The van der Waals surface area contributed by atoms with Crippen LogP contribution >= 0.6 is 0 Å². The van der Waals surface area contributed by atoms with Gasteiger partial charge in [-0.15, -0.1) is 0 Å². The van der Waals surface area contributed by atoms with Crippen LogP contribution in [0, 0.1) is 5.92 Å². The molecule has 146 valence electrons. The van der Waals surface area contributed by atoms with Gasteiger partial charge >= 0.3 is 11.9 Å². The number of carboxylic acid groups (broad SMARTS) is 1. The standard InChI is InChI=1S/C24H21NO4/c25-16-11-9-15(10-12-16)13-21(23(26)27)24(28)29-14-22-19-7-3-1-5-17(19)18-6-2-4-8-20(18)22/h1-12,21-22H,13-14,25H2,(H,26,27). The highest BCUT2D eigenvalue weighted by molar-refractivity contribution is 5.94. The number of benzene rings is 3. The maximum Gasteiger partial charge on any atom is 0.320 e. The number of hydrogen-bond donors (Lipinski definition) is 2. The van der Waals surface area contributed by atoms with E-state index in [1.807, 2.05) is 36.4 Å². The van der Waals surface area contributed by atoms with Gasteiger partial charge in [0.2, 0.25) is 0 Å². The highest BCUT2D eigenvalue weighted by Gasteiger charge is 2.32. The topological polar surface area (TPSA) is 89.6 Å². The van der Waals surface area contributed by atoms with Crippen LogP contribution < -0.4 is 5.73 Å². The Kier molecular flexibility index (Phi) is 5.04. The van der Waals surface area contributed by atoms with E-state index in [1.54, 1.807) is 24.3 Å². The third-order valence-electron chi connectivity index (χ3n) is 5.36. The lowest BCUT2D eigenvalue weighted by molar-refractivity contribution is -0.158. The first-order chi connectivity index (χ1) is 14.0. The Bertz CT molecular complexity index is 1010. The molecule has 0 saturated carbocycles. The maximum absolute atomic E-state index is 12.6. The van der Waals surface area contributed by atoms with Gasteiger partial charge in [-0.1, -0.05) is 60.7 Å². The summed E-state index contributed by atoms with van der Waals surface area (Å²) in [5.41, 5.74) is 11.4. The van der Waals surface area contributed by atoms with Crippen molar-refractivity contribution in [2.45, 2.75) is 12.3 Å². The number of nitrogen functional groups attached to an aromatic ring is 1. The predicted octanol–water partition coefficient (Wildman–Crippen LogP) is 3.87.